The van der Waals surface area contributed by atoms with Gasteiger partial charge in [-0.05, 0) is 42.9 Å². The van der Waals surface area contributed by atoms with E-state index < -0.39 is 23.3 Å². The van der Waals surface area contributed by atoms with Crippen LogP contribution in [0.2, 0.25) is 0 Å². The molecule has 2 aliphatic rings. The molecule has 2 heterocycles. The fraction of sp³-hybridized carbons (Fsp3) is 0.526. The zero-order valence-corrected chi connectivity index (χ0v) is 15.1. The molecule has 1 aromatic carbocycles. The van der Waals surface area contributed by atoms with E-state index in [9.17, 15) is 18.8 Å². The Morgan fingerprint density at radius 2 is 1.85 bits per heavy atom. The Morgan fingerprint density at radius 1 is 1.23 bits per heavy atom. The molecule has 140 valence electrons. The fourth-order valence-electron chi connectivity index (χ4n) is 3.64. The van der Waals surface area contributed by atoms with Crippen LogP contribution in [0, 0.1) is 11.7 Å². The Hall–Kier alpha value is -2.44. The number of piperidine rings is 1. The van der Waals surface area contributed by atoms with Crippen molar-refractivity contribution < 1.29 is 18.8 Å². The van der Waals surface area contributed by atoms with Crippen LogP contribution < -0.4 is 5.32 Å². The summed E-state index contributed by atoms with van der Waals surface area (Å²) in [5.74, 6) is -0.508. The highest BCUT2D eigenvalue weighted by atomic mass is 19.1. The van der Waals surface area contributed by atoms with Crippen molar-refractivity contribution in [3.8, 4) is 0 Å². The van der Waals surface area contributed by atoms with Crippen LogP contribution in [0.15, 0.2) is 24.3 Å². The van der Waals surface area contributed by atoms with Gasteiger partial charge in [0, 0.05) is 13.1 Å². The topological polar surface area (TPSA) is 69.7 Å². The van der Waals surface area contributed by atoms with E-state index in [0.29, 0.717) is 31.0 Å². The summed E-state index contributed by atoms with van der Waals surface area (Å²) in [6.45, 7) is 4.97. The van der Waals surface area contributed by atoms with E-state index in [-0.39, 0.29) is 12.5 Å². The number of hydrogen-bond donors (Lipinski definition) is 1. The van der Waals surface area contributed by atoms with Crippen molar-refractivity contribution >= 4 is 17.8 Å². The van der Waals surface area contributed by atoms with E-state index in [1.165, 1.54) is 24.3 Å². The second-order valence-electron chi connectivity index (χ2n) is 7.15. The zero-order valence-electron chi connectivity index (χ0n) is 15.1. The predicted octanol–water partition coefficient (Wildman–Crippen LogP) is 2.24. The summed E-state index contributed by atoms with van der Waals surface area (Å²) in [5.41, 5.74) is -0.733. The number of nitrogens with zero attached hydrogens (tertiary/aromatic N) is 2. The van der Waals surface area contributed by atoms with Gasteiger partial charge < -0.3 is 10.2 Å². The van der Waals surface area contributed by atoms with Gasteiger partial charge in [0.25, 0.3) is 5.91 Å². The van der Waals surface area contributed by atoms with Gasteiger partial charge in [-0.3, -0.25) is 14.5 Å². The molecule has 0 radical (unpaired) electrons. The molecule has 1 N–H and O–H groups in total. The maximum atomic E-state index is 13.2. The van der Waals surface area contributed by atoms with Gasteiger partial charge in [-0.15, -0.1) is 0 Å². The maximum absolute atomic E-state index is 13.2. The van der Waals surface area contributed by atoms with Crippen molar-refractivity contribution in [2.45, 2.75) is 38.6 Å². The van der Waals surface area contributed by atoms with Gasteiger partial charge in [0.15, 0.2) is 0 Å². The van der Waals surface area contributed by atoms with E-state index in [1.807, 2.05) is 0 Å². The molecule has 0 bridgehead atoms. The number of carbonyl (C=O) groups excluding carboxylic acids is 3. The van der Waals surface area contributed by atoms with Gasteiger partial charge >= 0.3 is 6.03 Å². The third-order valence-corrected chi connectivity index (χ3v) is 5.47. The average molecular weight is 361 g/mol. The number of carbonyl (C=O) groups is 3. The van der Waals surface area contributed by atoms with Crippen LogP contribution in [0.4, 0.5) is 9.18 Å². The minimum absolute atomic E-state index is 0.216. The molecule has 4 amide bonds. The number of likely N-dealkylation sites (tertiary alicyclic amines) is 1. The predicted molar refractivity (Wildman–Crippen MR) is 93.6 cm³/mol. The first-order chi connectivity index (χ1) is 12.4. The summed E-state index contributed by atoms with van der Waals surface area (Å²) in [5, 5.41) is 2.71. The number of nitrogens with one attached hydrogen (secondary N) is 1. The minimum atomic E-state index is -1.25. The molecule has 0 aliphatic carbocycles. The number of benzene rings is 1. The molecule has 0 spiro atoms. The second-order valence-corrected chi connectivity index (χ2v) is 7.15. The Balaban J connectivity index is 1.77. The lowest BCUT2D eigenvalue weighted by Gasteiger charge is -2.31. The second kappa shape index (κ2) is 7.05. The Bertz CT molecular complexity index is 713. The average Bonchev–Trinajstić information content (AvgIpc) is 2.88. The standard InChI is InChI=1S/C19H24FN3O3/c1-3-19(14-4-6-15(20)7-5-14)17(25)23(18(26)21-19)12-16(24)22-10-8-13(2)9-11-22/h4-7,13H,3,8-12H2,1-2H3,(H,21,26)/t19-/m1/s1. The van der Waals surface area contributed by atoms with Crippen LogP contribution in [0.3, 0.4) is 0 Å². The van der Waals surface area contributed by atoms with E-state index in [1.54, 1.807) is 11.8 Å². The fourth-order valence-corrected chi connectivity index (χ4v) is 3.64. The smallest absolute Gasteiger partial charge is 0.325 e. The highest BCUT2D eigenvalue weighted by Gasteiger charge is 2.51. The quantitative estimate of drug-likeness (QED) is 0.836. The van der Waals surface area contributed by atoms with Gasteiger partial charge in [0.2, 0.25) is 5.91 Å². The molecular formula is C19H24FN3O3. The van der Waals surface area contributed by atoms with Crippen molar-refractivity contribution in [3.63, 3.8) is 0 Å². The van der Waals surface area contributed by atoms with E-state index >= 15 is 0 Å². The lowest BCUT2D eigenvalue weighted by atomic mass is 9.87. The molecule has 2 saturated heterocycles. The number of urea groups is 1. The van der Waals surface area contributed by atoms with E-state index in [2.05, 4.69) is 12.2 Å². The highest BCUT2D eigenvalue weighted by Crippen LogP contribution is 2.32. The van der Waals surface area contributed by atoms with Crippen molar-refractivity contribution in [2.24, 2.45) is 5.92 Å². The van der Waals surface area contributed by atoms with Crippen molar-refractivity contribution in [1.82, 2.24) is 15.1 Å². The third-order valence-electron chi connectivity index (χ3n) is 5.47. The van der Waals surface area contributed by atoms with Crippen LogP contribution in [-0.2, 0) is 15.1 Å². The normalized spacial score (nSPS) is 24.1. The molecular weight excluding hydrogens is 337 g/mol. The van der Waals surface area contributed by atoms with Crippen molar-refractivity contribution in [2.75, 3.05) is 19.6 Å². The molecule has 1 atom stereocenters. The summed E-state index contributed by atoms with van der Waals surface area (Å²) >= 11 is 0. The minimum Gasteiger partial charge on any atom is -0.341 e. The van der Waals surface area contributed by atoms with Crippen LogP contribution in [0.5, 0.6) is 0 Å². The van der Waals surface area contributed by atoms with Crippen LogP contribution in [0.1, 0.15) is 38.7 Å². The summed E-state index contributed by atoms with van der Waals surface area (Å²) in [6.07, 6.45) is 2.18. The molecule has 26 heavy (non-hydrogen) atoms. The molecule has 0 aromatic heterocycles. The number of hydrogen-bond acceptors (Lipinski definition) is 3. The molecule has 2 fully saturated rings. The van der Waals surface area contributed by atoms with Crippen molar-refractivity contribution in [1.29, 1.82) is 0 Å². The van der Waals surface area contributed by atoms with E-state index in [0.717, 1.165) is 17.7 Å². The lowest BCUT2D eigenvalue weighted by molar-refractivity contribution is -0.140. The zero-order chi connectivity index (χ0) is 18.9. The number of imide groups is 1. The first kappa shape index (κ1) is 18.4. The van der Waals surface area contributed by atoms with Crippen molar-refractivity contribution in [3.05, 3.63) is 35.6 Å². The van der Waals surface area contributed by atoms with E-state index in [4.69, 9.17) is 0 Å². The summed E-state index contributed by atoms with van der Waals surface area (Å²) < 4.78 is 13.2. The monoisotopic (exact) mass is 361 g/mol. The molecule has 0 unspecified atom stereocenters. The van der Waals surface area contributed by atoms with Gasteiger partial charge in [-0.2, -0.15) is 0 Å². The van der Waals surface area contributed by atoms with Gasteiger partial charge in [0.1, 0.15) is 17.9 Å². The van der Waals surface area contributed by atoms with Crippen LogP contribution in [0.25, 0.3) is 0 Å². The molecule has 7 heteroatoms. The molecule has 6 nitrogen and oxygen atoms in total. The molecule has 0 saturated carbocycles. The van der Waals surface area contributed by atoms with Gasteiger partial charge in [-0.1, -0.05) is 26.0 Å². The lowest BCUT2D eigenvalue weighted by Crippen LogP contribution is -2.47. The largest absolute Gasteiger partial charge is 0.341 e. The maximum Gasteiger partial charge on any atom is 0.325 e. The third kappa shape index (κ3) is 3.18. The first-order valence-electron chi connectivity index (χ1n) is 9.05. The van der Waals surface area contributed by atoms with Crippen LogP contribution in [-0.4, -0.2) is 47.3 Å². The van der Waals surface area contributed by atoms with Crippen LogP contribution >= 0.6 is 0 Å². The Morgan fingerprint density at radius 3 is 2.42 bits per heavy atom. The summed E-state index contributed by atoms with van der Waals surface area (Å²) in [4.78, 5) is 40.6. The molecule has 1 aromatic rings. The highest BCUT2D eigenvalue weighted by molar-refractivity contribution is 6.09. The Kier molecular flexibility index (Phi) is 4.98. The summed E-state index contributed by atoms with van der Waals surface area (Å²) in [6, 6.07) is 4.92. The van der Waals surface area contributed by atoms with Gasteiger partial charge in [-0.25, -0.2) is 9.18 Å². The Labute approximate surface area is 152 Å². The number of halogens is 1. The van der Waals surface area contributed by atoms with Gasteiger partial charge in [0.05, 0.1) is 0 Å². The SMILES string of the molecule is CC[C@]1(c2ccc(F)cc2)NC(=O)N(CC(=O)N2CCC(C)CC2)C1=O. The molecule has 2 aliphatic heterocycles. The number of rotatable bonds is 4. The first-order valence-corrected chi connectivity index (χ1v) is 9.05. The summed E-state index contributed by atoms with van der Waals surface area (Å²) in [7, 11) is 0. The molecule has 3 rings (SSSR count). The number of amides is 4.